The highest BCUT2D eigenvalue weighted by Crippen LogP contribution is 2.15. The van der Waals surface area contributed by atoms with E-state index in [9.17, 15) is 9.59 Å². The van der Waals surface area contributed by atoms with Crippen molar-refractivity contribution in [3.63, 3.8) is 0 Å². The van der Waals surface area contributed by atoms with Gasteiger partial charge < -0.3 is 15.4 Å². The number of nitrogens with one attached hydrogen (secondary N) is 2. The molecular weight excluding hydrogens is 280 g/mol. The van der Waals surface area contributed by atoms with Crippen LogP contribution in [0.15, 0.2) is 0 Å². The van der Waals surface area contributed by atoms with Crippen molar-refractivity contribution in [1.29, 1.82) is 0 Å². The number of carbonyl (C=O) groups is 2. The Morgan fingerprint density at radius 1 is 1.09 bits per heavy atom. The summed E-state index contributed by atoms with van der Waals surface area (Å²) in [5.74, 6) is 0.0677. The van der Waals surface area contributed by atoms with E-state index in [2.05, 4.69) is 24.5 Å². The number of hydrogen-bond acceptors (Lipinski definition) is 3. The molecule has 0 aromatic carbocycles. The minimum Gasteiger partial charge on any atom is -0.376 e. The number of likely N-dealkylation sites (N-methyl/N-ethyl adjacent to an activating group) is 1. The van der Waals surface area contributed by atoms with Crippen molar-refractivity contribution < 1.29 is 14.3 Å². The lowest BCUT2D eigenvalue weighted by atomic mass is 9.99. The van der Waals surface area contributed by atoms with Crippen LogP contribution >= 0.6 is 0 Å². The van der Waals surface area contributed by atoms with E-state index in [1.807, 2.05) is 20.8 Å². The quantitative estimate of drug-likeness (QED) is 0.651. The third-order valence-electron chi connectivity index (χ3n) is 3.35. The Morgan fingerprint density at radius 3 is 1.95 bits per heavy atom. The lowest BCUT2D eigenvalue weighted by Gasteiger charge is -2.25. The van der Waals surface area contributed by atoms with E-state index in [0.717, 1.165) is 25.7 Å². The van der Waals surface area contributed by atoms with Crippen LogP contribution in [0.25, 0.3) is 0 Å². The molecule has 2 amide bonds. The Hall–Kier alpha value is -1.10. The van der Waals surface area contributed by atoms with Gasteiger partial charge in [0.2, 0.25) is 11.8 Å². The molecule has 0 fully saturated rings. The van der Waals surface area contributed by atoms with Crippen LogP contribution in [0.5, 0.6) is 0 Å². The lowest BCUT2D eigenvalue weighted by molar-refractivity contribution is -0.132. The topological polar surface area (TPSA) is 67.4 Å². The molecule has 0 aliphatic heterocycles. The molecule has 0 aliphatic carbocycles. The molecule has 0 saturated carbocycles. The second-order valence-corrected chi connectivity index (χ2v) is 5.27. The van der Waals surface area contributed by atoms with E-state index in [-0.39, 0.29) is 17.9 Å². The van der Waals surface area contributed by atoms with Crippen molar-refractivity contribution in [3.05, 3.63) is 0 Å². The van der Waals surface area contributed by atoms with Crippen molar-refractivity contribution in [2.75, 3.05) is 13.7 Å². The van der Waals surface area contributed by atoms with E-state index in [1.54, 1.807) is 7.05 Å². The van der Waals surface area contributed by atoms with Crippen LogP contribution in [0.2, 0.25) is 0 Å². The van der Waals surface area contributed by atoms with Gasteiger partial charge in [-0.05, 0) is 25.7 Å². The second kappa shape index (κ2) is 14.8. The van der Waals surface area contributed by atoms with E-state index < -0.39 is 6.04 Å². The average Bonchev–Trinajstić information content (AvgIpc) is 2.51. The maximum Gasteiger partial charge on any atom is 0.245 e. The van der Waals surface area contributed by atoms with Gasteiger partial charge in [0.15, 0.2) is 0 Å². The van der Waals surface area contributed by atoms with Gasteiger partial charge >= 0.3 is 0 Å². The smallest absolute Gasteiger partial charge is 0.245 e. The van der Waals surface area contributed by atoms with Crippen molar-refractivity contribution >= 4 is 11.8 Å². The number of rotatable bonds is 10. The Labute approximate surface area is 136 Å². The van der Waals surface area contributed by atoms with Gasteiger partial charge in [-0.1, -0.05) is 40.5 Å². The minimum absolute atomic E-state index is 0.227. The largest absolute Gasteiger partial charge is 0.376 e. The van der Waals surface area contributed by atoms with Crippen LogP contribution in [0.4, 0.5) is 0 Å². The molecule has 0 saturated heterocycles. The fraction of sp³-hybridized carbons (Fsp3) is 0.882. The standard InChI is InChI=1S/C15H30N2O3.C2H6/c1-6-8-13(9-7-2)10-20-11(3)14(15(19)16-5)17-12(4)18;1-2/h11,13-14H,6-10H2,1-5H3,(H,16,19)(H,17,18);1-2H3. The fourth-order valence-corrected chi connectivity index (χ4v) is 2.28. The second-order valence-electron chi connectivity index (χ2n) is 5.27. The maximum atomic E-state index is 11.8. The lowest BCUT2D eigenvalue weighted by Crippen LogP contribution is -2.52. The number of carbonyl (C=O) groups excluding carboxylic acids is 2. The molecule has 2 N–H and O–H groups in total. The predicted octanol–water partition coefficient (Wildman–Crippen LogP) is 2.88. The summed E-state index contributed by atoms with van der Waals surface area (Å²) in [5, 5.41) is 5.20. The molecule has 0 bridgehead atoms. The molecule has 132 valence electrons. The van der Waals surface area contributed by atoms with Crippen molar-refractivity contribution in [1.82, 2.24) is 10.6 Å². The Bertz CT molecular complexity index is 290. The van der Waals surface area contributed by atoms with Crippen LogP contribution in [0.1, 0.15) is 67.2 Å². The van der Waals surface area contributed by atoms with Crippen LogP contribution in [-0.2, 0) is 14.3 Å². The summed E-state index contributed by atoms with van der Waals surface area (Å²) in [4.78, 5) is 23.0. The maximum absolute atomic E-state index is 11.8. The number of ether oxygens (including phenoxy) is 1. The summed E-state index contributed by atoms with van der Waals surface area (Å²) in [6, 6.07) is -0.638. The highest BCUT2D eigenvalue weighted by Gasteiger charge is 2.26. The summed E-state index contributed by atoms with van der Waals surface area (Å²) in [6.07, 6.45) is 4.19. The third kappa shape index (κ3) is 10.6. The van der Waals surface area contributed by atoms with Crippen LogP contribution in [0.3, 0.4) is 0 Å². The van der Waals surface area contributed by atoms with Gasteiger partial charge in [-0.25, -0.2) is 0 Å². The third-order valence-corrected chi connectivity index (χ3v) is 3.35. The van der Waals surface area contributed by atoms with Gasteiger partial charge in [0, 0.05) is 20.6 Å². The van der Waals surface area contributed by atoms with Gasteiger partial charge in [-0.2, -0.15) is 0 Å². The highest BCUT2D eigenvalue weighted by molar-refractivity contribution is 5.87. The van der Waals surface area contributed by atoms with E-state index >= 15 is 0 Å². The summed E-state index contributed by atoms with van der Waals surface area (Å²) in [7, 11) is 1.56. The molecule has 0 aromatic rings. The van der Waals surface area contributed by atoms with Crippen LogP contribution < -0.4 is 10.6 Å². The zero-order chi connectivity index (χ0) is 17.5. The molecule has 0 radical (unpaired) electrons. The van der Waals surface area contributed by atoms with Gasteiger partial charge in [0.1, 0.15) is 6.04 Å². The van der Waals surface area contributed by atoms with E-state index in [1.165, 1.54) is 6.92 Å². The van der Waals surface area contributed by atoms with Gasteiger partial charge in [0.05, 0.1) is 6.10 Å². The first-order chi connectivity index (χ1) is 10.5. The SMILES string of the molecule is CC.CCCC(CCC)COC(C)C(NC(C)=O)C(=O)NC. The molecule has 5 heteroatoms. The van der Waals surface area contributed by atoms with Crippen LogP contribution in [0, 0.1) is 5.92 Å². The molecular formula is C17H36N2O3. The average molecular weight is 316 g/mol. The zero-order valence-corrected chi connectivity index (χ0v) is 15.5. The molecule has 0 heterocycles. The molecule has 5 nitrogen and oxygen atoms in total. The number of hydrogen-bond donors (Lipinski definition) is 2. The minimum atomic E-state index is -0.638. The van der Waals surface area contributed by atoms with Gasteiger partial charge in [0.25, 0.3) is 0 Å². The summed E-state index contributed by atoms with van der Waals surface area (Å²) < 4.78 is 5.82. The normalized spacial score (nSPS) is 12.9. The first kappa shape index (κ1) is 23.2. The molecule has 22 heavy (non-hydrogen) atoms. The fourth-order valence-electron chi connectivity index (χ4n) is 2.28. The highest BCUT2D eigenvalue weighted by atomic mass is 16.5. The van der Waals surface area contributed by atoms with Crippen molar-refractivity contribution in [2.24, 2.45) is 5.92 Å². The Kier molecular flexibility index (Phi) is 15.6. The first-order valence-corrected chi connectivity index (χ1v) is 8.56. The Balaban J connectivity index is 0. The Morgan fingerprint density at radius 2 is 1.59 bits per heavy atom. The summed E-state index contributed by atoms with van der Waals surface area (Å²) >= 11 is 0. The number of amides is 2. The molecule has 0 rings (SSSR count). The monoisotopic (exact) mass is 316 g/mol. The van der Waals surface area contributed by atoms with E-state index in [4.69, 9.17) is 4.74 Å². The van der Waals surface area contributed by atoms with Crippen molar-refractivity contribution in [2.45, 2.75) is 79.4 Å². The molecule has 0 aliphatic rings. The summed E-state index contributed by atoms with van der Waals surface area (Å²) in [5.41, 5.74) is 0. The predicted molar refractivity (Wildman–Crippen MR) is 91.7 cm³/mol. The molecule has 0 spiro atoms. The zero-order valence-electron chi connectivity index (χ0n) is 15.5. The van der Waals surface area contributed by atoms with Gasteiger partial charge in [-0.15, -0.1) is 0 Å². The summed E-state index contributed by atoms with van der Waals surface area (Å²) in [6.45, 7) is 12.2. The van der Waals surface area contributed by atoms with E-state index in [0.29, 0.717) is 12.5 Å². The van der Waals surface area contributed by atoms with Gasteiger partial charge in [-0.3, -0.25) is 9.59 Å². The molecule has 2 atom stereocenters. The van der Waals surface area contributed by atoms with Crippen molar-refractivity contribution in [3.8, 4) is 0 Å². The molecule has 2 unspecified atom stereocenters. The van der Waals surface area contributed by atoms with Crippen LogP contribution in [-0.4, -0.2) is 37.6 Å². The molecule has 0 aromatic heterocycles. The first-order valence-electron chi connectivity index (χ1n) is 8.56.